The summed E-state index contributed by atoms with van der Waals surface area (Å²) in [6.45, 7) is 16.1. The van der Waals surface area contributed by atoms with Crippen LogP contribution in [0.15, 0.2) is 168 Å². The van der Waals surface area contributed by atoms with Gasteiger partial charge < -0.3 is 0 Å². The lowest BCUT2D eigenvalue weighted by molar-refractivity contribution is 0.851. The molecule has 260 valence electrons. The highest BCUT2D eigenvalue weighted by atomic mass is 28.3. The van der Waals surface area contributed by atoms with Gasteiger partial charge in [-0.3, -0.25) is 0 Å². The molecule has 6 aromatic carbocycles. The molecule has 0 aromatic heterocycles. The van der Waals surface area contributed by atoms with E-state index in [1.807, 2.05) is 0 Å². The molecule has 1 unspecified atom stereocenters. The van der Waals surface area contributed by atoms with Gasteiger partial charge in [-0.2, -0.15) is 0 Å². The van der Waals surface area contributed by atoms with E-state index >= 15 is 0 Å². The van der Waals surface area contributed by atoms with Gasteiger partial charge in [-0.05, 0) is 121 Å². The van der Waals surface area contributed by atoms with Crippen LogP contribution in [0.2, 0.25) is 0 Å². The summed E-state index contributed by atoms with van der Waals surface area (Å²) in [5.74, 6) is 0.373. The predicted molar refractivity (Wildman–Crippen MR) is 226 cm³/mol. The Morgan fingerprint density at radius 3 is 0.981 bits per heavy atom. The van der Waals surface area contributed by atoms with Gasteiger partial charge >= 0.3 is 0 Å². The van der Waals surface area contributed by atoms with Gasteiger partial charge in [0.05, 0.1) is 0 Å². The molecule has 1 atom stereocenters. The van der Waals surface area contributed by atoms with Crippen LogP contribution in [0, 0.1) is 26.7 Å². The maximum atomic E-state index is 2.48. The Kier molecular flexibility index (Phi) is 10.2. The Hall–Kier alpha value is -4.98. The van der Waals surface area contributed by atoms with Crippen molar-refractivity contribution >= 4 is 23.6 Å². The van der Waals surface area contributed by atoms with E-state index in [2.05, 4.69) is 194 Å². The topological polar surface area (TPSA) is 0 Å². The highest BCUT2D eigenvalue weighted by molar-refractivity contribution is 7.16. The summed E-state index contributed by atoms with van der Waals surface area (Å²) in [6.07, 6.45) is 2.82. The number of rotatable bonds is 10. The largest absolute Gasteiger partial charge is 0.176 e. The van der Waals surface area contributed by atoms with Gasteiger partial charge in [-0.15, -0.1) is 0 Å². The van der Waals surface area contributed by atoms with Crippen molar-refractivity contribution in [3.63, 3.8) is 0 Å². The first-order valence-corrected chi connectivity index (χ1v) is 21.0. The fourth-order valence-electron chi connectivity index (χ4n) is 8.73. The molecule has 7 rings (SSSR count). The minimum Gasteiger partial charge on any atom is -0.0636 e. The minimum atomic E-state index is -2.73. The third kappa shape index (κ3) is 7.08. The van der Waals surface area contributed by atoms with Crippen molar-refractivity contribution in [1.82, 2.24) is 0 Å². The van der Waals surface area contributed by atoms with E-state index in [4.69, 9.17) is 0 Å². The van der Waals surface area contributed by atoms with Crippen LogP contribution in [0.3, 0.4) is 0 Å². The smallest absolute Gasteiger partial charge is 0.0636 e. The van der Waals surface area contributed by atoms with Crippen LogP contribution < -0.4 is 15.6 Å². The van der Waals surface area contributed by atoms with Gasteiger partial charge in [0.2, 0.25) is 0 Å². The predicted octanol–water partition coefficient (Wildman–Crippen LogP) is 10.7. The zero-order valence-corrected chi connectivity index (χ0v) is 33.1. The normalized spacial score (nSPS) is 14.7. The molecule has 0 spiro atoms. The minimum absolute atomic E-state index is 0.373. The number of benzene rings is 6. The SMILES string of the molecule is CC1=C(C)C(C)C([Si](c2ccc(Cc3cccc(C)c3)cc2)(c2ccc(Cc3cccc(C)c3)cc2)c2ccc(Cc3cccc(C)c3)cc2)=C1C. The Labute approximate surface area is 313 Å². The summed E-state index contributed by atoms with van der Waals surface area (Å²) in [5.41, 5.74) is 16.5. The Morgan fingerprint density at radius 2 is 0.712 bits per heavy atom. The molecule has 0 saturated carbocycles. The number of hydrogen-bond donors (Lipinski definition) is 0. The van der Waals surface area contributed by atoms with E-state index in [0.717, 1.165) is 19.3 Å². The van der Waals surface area contributed by atoms with Crippen molar-refractivity contribution < 1.29 is 0 Å². The van der Waals surface area contributed by atoms with E-state index in [-0.39, 0.29) is 0 Å². The van der Waals surface area contributed by atoms with Crippen molar-refractivity contribution in [2.75, 3.05) is 0 Å². The second-order valence-corrected chi connectivity index (χ2v) is 19.2. The summed E-state index contributed by atoms with van der Waals surface area (Å²) in [5, 5.41) is 6.01. The van der Waals surface area contributed by atoms with Gasteiger partial charge in [0, 0.05) is 0 Å². The molecule has 1 heteroatoms. The van der Waals surface area contributed by atoms with E-state index in [9.17, 15) is 0 Å². The molecule has 1 aliphatic rings. The Morgan fingerprint density at radius 1 is 0.385 bits per heavy atom. The maximum absolute atomic E-state index is 2.73. The first kappa shape index (κ1) is 35.4. The van der Waals surface area contributed by atoms with E-state index in [0.29, 0.717) is 5.92 Å². The second-order valence-electron chi connectivity index (χ2n) is 15.4. The van der Waals surface area contributed by atoms with Gasteiger partial charge in [0.15, 0.2) is 8.07 Å². The van der Waals surface area contributed by atoms with Crippen molar-refractivity contribution in [1.29, 1.82) is 0 Å². The third-order valence-electron chi connectivity index (χ3n) is 11.7. The average molecular weight is 693 g/mol. The van der Waals surface area contributed by atoms with Crippen LogP contribution in [0.25, 0.3) is 0 Å². The van der Waals surface area contributed by atoms with Gasteiger partial charge in [0.25, 0.3) is 0 Å². The van der Waals surface area contributed by atoms with Crippen LogP contribution in [0.5, 0.6) is 0 Å². The summed E-state index contributed by atoms with van der Waals surface area (Å²) >= 11 is 0. The number of aryl methyl sites for hydroxylation is 3. The van der Waals surface area contributed by atoms with Gasteiger partial charge in [-0.1, -0.05) is 186 Å². The molecule has 1 aliphatic carbocycles. The Bertz CT molecular complexity index is 2040. The molecule has 0 N–H and O–H groups in total. The third-order valence-corrected chi connectivity index (χ3v) is 16.9. The molecule has 0 bridgehead atoms. The van der Waals surface area contributed by atoms with E-state index in [1.165, 1.54) is 82.4 Å². The van der Waals surface area contributed by atoms with Crippen LogP contribution in [-0.4, -0.2) is 8.07 Å². The van der Waals surface area contributed by atoms with Crippen LogP contribution in [-0.2, 0) is 19.3 Å². The Balaban J connectivity index is 1.39. The molecule has 0 nitrogen and oxygen atoms in total. The molecule has 6 aromatic rings. The molecule has 0 saturated heterocycles. The highest BCUT2D eigenvalue weighted by Gasteiger charge is 2.48. The van der Waals surface area contributed by atoms with Crippen molar-refractivity contribution in [2.24, 2.45) is 5.92 Å². The van der Waals surface area contributed by atoms with Gasteiger partial charge in [0.1, 0.15) is 0 Å². The van der Waals surface area contributed by atoms with Crippen molar-refractivity contribution in [3.05, 3.63) is 218 Å². The monoisotopic (exact) mass is 692 g/mol. The molecule has 0 heterocycles. The number of allylic oxidation sites excluding steroid dienone is 4. The van der Waals surface area contributed by atoms with Gasteiger partial charge in [-0.25, -0.2) is 0 Å². The molecular weight excluding hydrogens is 641 g/mol. The fraction of sp³-hybridized carbons (Fsp3) is 0.216. The second kappa shape index (κ2) is 14.9. The summed E-state index contributed by atoms with van der Waals surface area (Å²) < 4.78 is 0. The molecular formula is C51H52Si. The zero-order chi connectivity index (χ0) is 36.4. The molecule has 0 radical (unpaired) electrons. The van der Waals surface area contributed by atoms with Crippen LogP contribution in [0.4, 0.5) is 0 Å². The molecule has 0 fully saturated rings. The first-order chi connectivity index (χ1) is 25.1. The lowest BCUT2D eigenvalue weighted by Gasteiger charge is -2.39. The molecule has 0 amide bonds. The fourth-order valence-corrected chi connectivity index (χ4v) is 14.3. The molecule has 0 aliphatic heterocycles. The van der Waals surface area contributed by atoms with Crippen molar-refractivity contribution in [3.8, 4) is 0 Å². The molecule has 52 heavy (non-hydrogen) atoms. The van der Waals surface area contributed by atoms with Crippen LogP contribution in [0.1, 0.15) is 77.8 Å². The highest BCUT2D eigenvalue weighted by Crippen LogP contribution is 2.41. The number of hydrogen-bond acceptors (Lipinski definition) is 0. The lowest BCUT2D eigenvalue weighted by atomic mass is 10.0. The first-order valence-electron chi connectivity index (χ1n) is 19.0. The maximum Gasteiger partial charge on any atom is 0.176 e. The summed E-state index contributed by atoms with van der Waals surface area (Å²) in [4.78, 5) is 0. The standard InChI is InChI=1S/C51H52Si/c1-35-11-8-14-45(29-35)32-42-17-23-48(24-18-42)52(51-40(6)38(4)39(5)41(51)7,49-25-19-43(20-26-49)33-46-15-9-12-36(2)30-46)50-27-21-44(22-28-50)34-47-16-10-13-37(3)31-47/h8-31,40H,32-34H2,1-7H3. The van der Waals surface area contributed by atoms with Crippen molar-refractivity contribution in [2.45, 2.75) is 67.7 Å². The van der Waals surface area contributed by atoms with E-state index < -0.39 is 8.07 Å². The zero-order valence-electron chi connectivity index (χ0n) is 32.1. The average Bonchev–Trinajstić information content (AvgIpc) is 3.32. The summed E-state index contributed by atoms with van der Waals surface area (Å²) in [7, 11) is -2.73. The van der Waals surface area contributed by atoms with E-state index in [1.54, 1.807) is 5.20 Å². The lowest BCUT2D eigenvalue weighted by Crippen LogP contribution is -2.69. The van der Waals surface area contributed by atoms with Crippen LogP contribution >= 0.6 is 0 Å². The quantitative estimate of drug-likeness (QED) is 0.0990. The summed E-state index contributed by atoms with van der Waals surface area (Å²) in [6, 6.07) is 56.1.